The van der Waals surface area contributed by atoms with E-state index in [1.165, 1.54) is 25.7 Å². The van der Waals surface area contributed by atoms with Crippen molar-refractivity contribution in [2.45, 2.75) is 51.7 Å². The minimum absolute atomic E-state index is 0.432. The maximum Gasteiger partial charge on any atom is 0.128 e. The number of anilines is 1. The van der Waals surface area contributed by atoms with E-state index in [4.69, 9.17) is 0 Å². The first-order valence-electron chi connectivity index (χ1n) is 6.59. The van der Waals surface area contributed by atoms with E-state index < -0.39 is 6.10 Å². The fourth-order valence-corrected chi connectivity index (χ4v) is 2.43. The molecular formula is C14H22N2O. The summed E-state index contributed by atoms with van der Waals surface area (Å²) in [6.45, 7) is 5.14. The topological polar surface area (TPSA) is 36.4 Å². The van der Waals surface area contributed by atoms with Crippen LogP contribution in [0.25, 0.3) is 0 Å². The zero-order valence-electron chi connectivity index (χ0n) is 10.8. The summed E-state index contributed by atoms with van der Waals surface area (Å²) in [6, 6.07) is 4.58. The maximum atomic E-state index is 9.47. The summed E-state index contributed by atoms with van der Waals surface area (Å²) in [5.41, 5.74) is 0.885. The van der Waals surface area contributed by atoms with Crippen LogP contribution < -0.4 is 4.90 Å². The monoisotopic (exact) mass is 234 g/mol. The van der Waals surface area contributed by atoms with Crippen molar-refractivity contribution in [2.24, 2.45) is 0 Å². The van der Waals surface area contributed by atoms with E-state index in [1.807, 2.05) is 12.1 Å². The molecule has 2 rings (SSSR count). The molecule has 2 heterocycles. The van der Waals surface area contributed by atoms with Gasteiger partial charge in [-0.25, -0.2) is 4.98 Å². The average Bonchev–Trinajstić information content (AvgIpc) is 2.54. The van der Waals surface area contributed by atoms with Crippen molar-refractivity contribution in [1.82, 2.24) is 4.98 Å². The Balaban J connectivity index is 2.14. The van der Waals surface area contributed by atoms with Gasteiger partial charge in [0.1, 0.15) is 5.82 Å². The van der Waals surface area contributed by atoms with Gasteiger partial charge in [-0.05, 0) is 38.3 Å². The molecular weight excluding hydrogens is 212 g/mol. The van der Waals surface area contributed by atoms with Crippen LogP contribution in [0.3, 0.4) is 0 Å². The fraction of sp³-hybridized carbons (Fsp3) is 0.643. The normalized spacial score (nSPS) is 23.2. The standard InChI is InChI=1S/C14H22N2O/c1-11-6-4-3-5-9-16(11)14-8-7-13(10-15-14)12(2)17/h7-8,10-12,17H,3-6,9H2,1-2H3. The number of nitrogens with zero attached hydrogens (tertiary/aromatic N) is 2. The molecule has 94 valence electrons. The lowest BCUT2D eigenvalue weighted by molar-refractivity contribution is 0.199. The largest absolute Gasteiger partial charge is 0.389 e. The van der Waals surface area contributed by atoms with Gasteiger partial charge in [-0.2, -0.15) is 0 Å². The second-order valence-corrected chi connectivity index (χ2v) is 5.02. The van der Waals surface area contributed by atoms with Gasteiger partial charge in [-0.1, -0.05) is 18.9 Å². The quantitative estimate of drug-likeness (QED) is 0.854. The number of aliphatic hydroxyl groups is 1. The second kappa shape index (κ2) is 5.50. The van der Waals surface area contributed by atoms with Crippen molar-refractivity contribution in [3.8, 4) is 0 Å². The zero-order chi connectivity index (χ0) is 12.3. The Morgan fingerprint density at radius 2 is 2.18 bits per heavy atom. The lowest BCUT2D eigenvalue weighted by atomic mass is 10.1. The van der Waals surface area contributed by atoms with Gasteiger partial charge in [0.25, 0.3) is 0 Å². The van der Waals surface area contributed by atoms with Crippen LogP contribution in [-0.4, -0.2) is 22.7 Å². The number of hydrogen-bond acceptors (Lipinski definition) is 3. The minimum atomic E-state index is -0.432. The Hall–Kier alpha value is -1.09. The molecule has 0 aromatic carbocycles. The van der Waals surface area contributed by atoms with E-state index in [0.717, 1.165) is 17.9 Å². The van der Waals surface area contributed by atoms with Gasteiger partial charge in [0.2, 0.25) is 0 Å². The summed E-state index contributed by atoms with van der Waals surface area (Å²) in [5, 5.41) is 9.47. The van der Waals surface area contributed by atoms with E-state index in [2.05, 4.69) is 16.8 Å². The molecule has 1 aliphatic heterocycles. The van der Waals surface area contributed by atoms with Crippen LogP contribution in [0.5, 0.6) is 0 Å². The van der Waals surface area contributed by atoms with Crippen LogP contribution >= 0.6 is 0 Å². The summed E-state index contributed by atoms with van der Waals surface area (Å²) < 4.78 is 0. The molecule has 2 unspecified atom stereocenters. The average molecular weight is 234 g/mol. The van der Waals surface area contributed by atoms with Crippen molar-refractivity contribution in [3.63, 3.8) is 0 Å². The molecule has 0 aliphatic carbocycles. The second-order valence-electron chi connectivity index (χ2n) is 5.02. The molecule has 2 atom stereocenters. The smallest absolute Gasteiger partial charge is 0.128 e. The first kappa shape index (κ1) is 12.4. The van der Waals surface area contributed by atoms with Crippen LogP contribution in [0.2, 0.25) is 0 Å². The molecule has 0 saturated carbocycles. The SMILES string of the molecule is CC(O)c1ccc(N2CCCCCC2C)nc1. The van der Waals surface area contributed by atoms with Gasteiger partial charge in [-0.15, -0.1) is 0 Å². The molecule has 1 saturated heterocycles. The Bertz CT molecular complexity index is 348. The third-order valence-electron chi connectivity index (χ3n) is 3.60. The minimum Gasteiger partial charge on any atom is -0.389 e. The van der Waals surface area contributed by atoms with Crippen LogP contribution in [0.4, 0.5) is 5.82 Å². The number of pyridine rings is 1. The highest BCUT2D eigenvalue weighted by molar-refractivity contribution is 5.40. The maximum absolute atomic E-state index is 9.47. The number of rotatable bonds is 2. The number of hydrogen-bond donors (Lipinski definition) is 1. The van der Waals surface area contributed by atoms with Gasteiger partial charge in [0, 0.05) is 18.8 Å². The van der Waals surface area contributed by atoms with Gasteiger partial charge >= 0.3 is 0 Å². The van der Waals surface area contributed by atoms with E-state index in [1.54, 1.807) is 13.1 Å². The molecule has 0 radical (unpaired) electrons. The van der Waals surface area contributed by atoms with E-state index in [9.17, 15) is 5.11 Å². The predicted octanol–water partition coefficient (Wildman–Crippen LogP) is 2.90. The molecule has 0 amide bonds. The lowest BCUT2D eigenvalue weighted by Crippen LogP contribution is -2.33. The lowest BCUT2D eigenvalue weighted by Gasteiger charge is -2.28. The van der Waals surface area contributed by atoms with E-state index in [-0.39, 0.29) is 0 Å². The van der Waals surface area contributed by atoms with Crippen molar-refractivity contribution in [3.05, 3.63) is 23.9 Å². The first-order valence-corrected chi connectivity index (χ1v) is 6.59. The molecule has 1 fully saturated rings. The molecule has 3 nitrogen and oxygen atoms in total. The van der Waals surface area contributed by atoms with Gasteiger partial charge in [0.15, 0.2) is 0 Å². The molecule has 0 bridgehead atoms. The molecule has 3 heteroatoms. The molecule has 1 aromatic heterocycles. The summed E-state index contributed by atoms with van der Waals surface area (Å²) in [5.74, 6) is 1.05. The van der Waals surface area contributed by atoms with Crippen molar-refractivity contribution in [1.29, 1.82) is 0 Å². The van der Waals surface area contributed by atoms with Crippen LogP contribution in [0.1, 0.15) is 51.2 Å². The van der Waals surface area contributed by atoms with Crippen LogP contribution in [0.15, 0.2) is 18.3 Å². The number of aromatic nitrogens is 1. The van der Waals surface area contributed by atoms with Crippen molar-refractivity contribution < 1.29 is 5.11 Å². The Kier molecular flexibility index (Phi) is 4.00. The molecule has 0 spiro atoms. The van der Waals surface area contributed by atoms with E-state index >= 15 is 0 Å². The highest BCUT2D eigenvalue weighted by Crippen LogP contribution is 2.23. The Labute approximate surface area is 103 Å². The first-order chi connectivity index (χ1) is 8.18. The van der Waals surface area contributed by atoms with Gasteiger partial charge in [0.05, 0.1) is 6.10 Å². The van der Waals surface area contributed by atoms with Crippen LogP contribution in [0, 0.1) is 0 Å². The Morgan fingerprint density at radius 1 is 1.35 bits per heavy atom. The highest BCUT2D eigenvalue weighted by Gasteiger charge is 2.18. The molecule has 17 heavy (non-hydrogen) atoms. The third kappa shape index (κ3) is 2.97. The van der Waals surface area contributed by atoms with Crippen molar-refractivity contribution in [2.75, 3.05) is 11.4 Å². The Morgan fingerprint density at radius 3 is 2.82 bits per heavy atom. The van der Waals surface area contributed by atoms with E-state index in [0.29, 0.717) is 6.04 Å². The molecule has 1 aromatic rings. The molecule has 1 aliphatic rings. The summed E-state index contributed by atoms with van der Waals surface area (Å²) in [4.78, 5) is 6.87. The third-order valence-corrected chi connectivity index (χ3v) is 3.60. The summed E-state index contributed by atoms with van der Waals surface area (Å²) >= 11 is 0. The number of aliphatic hydroxyl groups excluding tert-OH is 1. The molecule has 1 N–H and O–H groups in total. The van der Waals surface area contributed by atoms with Gasteiger partial charge in [-0.3, -0.25) is 0 Å². The summed E-state index contributed by atoms with van der Waals surface area (Å²) in [7, 11) is 0. The zero-order valence-corrected chi connectivity index (χ0v) is 10.8. The predicted molar refractivity (Wildman–Crippen MR) is 70.1 cm³/mol. The fourth-order valence-electron chi connectivity index (χ4n) is 2.43. The van der Waals surface area contributed by atoms with Crippen LogP contribution in [-0.2, 0) is 0 Å². The summed E-state index contributed by atoms with van der Waals surface area (Å²) in [6.07, 6.45) is 6.51. The van der Waals surface area contributed by atoms with Crippen molar-refractivity contribution >= 4 is 5.82 Å². The van der Waals surface area contributed by atoms with Gasteiger partial charge < -0.3 is 10.0 Å². The highest BCUT2D eigenvalue weighted by atomic mass is 16.3.